The molecule has 0 fully saturated rings. The Morgan fingerprint density at radius 3 is 2.88 bits per heavy atom. The van der Waals surface area contributed by atoms with Crippen LogP contribution in [0.25, 0.3) is 28.0 Å². The molecule has 2 aromatic carbocycles. The van der Waals surface area contributed by atoms with Crippen molar-refractivity contribution >= 4 is 33.9 Å². The fourth-order valence-electron chi connectivity index (χ4n) is 2.91. The van der Waals surface area contributed by atoms with Crippen molar-refractivity contribution in [1.29, 1.82) is 0 Å². The predicted molar refractivity (Wildman–Crippen MR) is 104 cm³/mol. The first-order valence-electron chi connectivity index (χ1n) is 8.53. The van der Waals surface area contributed by atoms with E-state index in [1.54, 1.807) is 18.3 Å². The van der Waals surface area contributed by atoms with E-state index in [9.17, 15) is 4.79 Å². The van der Waals surface area contributed by atoms with Gasteiger partial charge in [0.05, 0.1) is 16.6 Å². The third kappa shape index (κ3) is 3.47. The number of pyridine rings is 1. The zero-order valence-electron chi connectivity index (χ0n) is 14.1. The summed E-state index contributed by atoms with van der Waals surface area (Å²) in [5.74, 6) is 0.739. The molecule has 0 aliphatic carbocycles. The number of hydrogen-bond donors (Lipinski definition) is 2. The average Bonchev–Trinajstić information content (AvgIpc) is 3.09. The molecule has 0 saturated carbocycles. The molecule has 5 heteroatoms. The molecule has 0 aliphatic rings. The summed E-state index contributed by atoms with van der Waals surface area (Å²) >= 11 is 0. The van der Waals surface area contributed by atoms with Gasteiger partial charge in [-0.05, 0) is 24.3 Å². The first-order chi connectivity index (χ1) is 12.8. The van der Waals surface area contributed by atoms with Crippen LogP contribution in [0, 0.1) is 0 Å². The lowest BCUT2D eigenvalue weighted by atomic mass is 10.1. The summed E-state index contributed by atoms with van der Waals surface area (Å²) < 4.78 is 0. The molecule has 0 atom stereocenters. The van der Waals surface area contributed by atoms with Gasteiger partial charge in [0.2, 0.25) is 5.91 Å². The standard InChI is InChI=1S/C21H18N4O/c26-20(11-10-16-6-3-5-15-7-4-13-23-21(15)16)22-14-12-19-24-17-8-1-2-9-18(17)25-19/h1-11,13H,12,14H2,(H,22,26)(H,24,25)/b11-10+. The summed E-state index contributed by atoms with van der Waals surface area (Å²) in [6.45, 7) is 0.525. The van der Waals surface area contributed by atoms with Gasteiger partial charge in [-0.2, -0.15) is 0 Å². The van der Waals surface area contributed by atoms with Crippen molar-refractivity contribution in [2.75, 3.05) is 6.54 Å². The van der Waals surface area contributed by atoms with Crippen LogP contribution in [0.3, 0.4) is 0 Å². The number of amides is 1. The Labute approximate surface area is 150 Å². The van der Waals surface area contributed by atoms with Crippen molar-refractivity contribution < 1.29 is 4.79 Å². The molecule has 5 nitrogen and oxygen atoms in total. The number of hydrogen-bond acceptors (Lipinski definition) is 3. The van der Waals surface area contributed by atoms with Crippen LogP contribution in [0.2, 0.25) is 0 Å². The monoisotopic (exact) mass is 342 g/mol. The van der Waals surface area contributed by atoms with Crippen LogP contribution < -0.4 is 5.32 Å². The Morgan fingerprint density at radius 2 is 1.96 bits per heavy atom. The van der Waals surface area contributed by atoms with Crippen molar-refractivity contribution in [3.8, 4) is 0 Å². The second-order valence-electron chi connectivity index (χ2n) is 6.00. The zero-order valence-corrected chi connectivity index (χ0v) is 14.1. The molecule has 26 heavy (non-hydrogen) atoms. The Balaban J connectivity index is 1.37. The second-order valence-corrected chi connectivity index (χ2v) is 6.00. The highest BCUT2D eigenvalue weighted by Crippen LogP contribution is 2.17. The molecular weight excluding hydrogens is 324 g/mol. The molecule has 2 aromatic heterocycles. The van der Waals surface area contributed by atoms with Gasteiger partial charge in [-0.25, -0.2) is 4.98 Å². The van der Waals surface area contributed by atoms with E-state index in [1.807, 2.05) is 54.6 Å². The first kappa shape index (κ1) is 16.0. The SMILES string of the molecule is O=C(/C=C/c1cccc2cccnc12)NCCc1nc2ccccc2[nH]1. The first-order valence-corrected chi connectivity index (χ1v) is 8.53. The number of carbonyl (C=O) groups excluding carboxylic acids is 1. The Hall–Kier alpha value is -3.47. The summed E-state index contributed by atoms with van der Waals surface area (Å²) in [5, 5.41) is 3.94. The van der Waals surface area contributed by atoms with Crippen molar-refractivity contribution in [3.63, 3.8) is 0 Å². The third-order valence-electron chi connectivity index (χ3n) is 4.18. The number of carbonyl (C=O) groups is 1. The van der Waals surface area contributed by atoms with Gasteiger partial charge >= 0.3 is 0 Å². The molecule has 4 rings (SSSR count). The van der Waals surface area contributed by atoms with Crippen LogP contribution in [0.5, 0.6) is 0 Å². The lowest BCUT2D eigenvalue weighted by molar-refractivity contribution is -0.116. The number of benzene rings is 2. The molecule has 0 aliphatic heterocycles. The number of para-hydroxylation sites is 3. The van der Waals surface area contributed by atoms with E-state index in [4.69, 9.17) is 0 Å². The Bertz CT molecular complexity index is 1060. The van der Waals surface area contributed by atoms with Crippen molar-refractivity contribution in [3.05, 3.63) is 78.3 Å². The summed E-state index contributed by atoms with van der Waals surface area (Å²) in [5.41, 5.74) is 3.77. The maximum Gasteiger partial charge on any atom is 0.244 e. The molecule has 2 N–H and O–H groups in total. The topological polar surface area (TPSA) is 70.7 Å². The van der Waals surface area contributed by atoms with Crippen LogP contribution in [0.1, 0.15) is 11.4 Å². The highest BCUT2D eigenvalue weighted by Gasteiger charge is 2.03. The normalized spacial score (nSPS) is 11.4. The van der Waals surface area contributed by atoms with E-state index in [0.717, 1.165) is 33.3 Å². The van der Waals surface area contributed by atoms with Crippen molar-refractivity contribution in [1.82, 2.24) is 20.3 Å². The molecular formula is C21H18N4O. The number of fused-ring (bicyclic) bond motifs is 2. The van der Waals surface area contributed by atoms with Gasteiger partial charge < -0.3 is 10.3 Å². The number of aromatic nitrogens is 3. The van der Waals surface area contributed by atoms with Crippen molar-refractivity contribution in [2.45, 2.75) is 6.42 Å². The van der Waals surface area contributed by atoms with Gasteiger partial charge in [-0.15, -0.1) is 0 Å². The van der Waals surface area contributed by atoms with Gasteiger partial charge in [0.1, 0.15) is 5.82 Å². The minimum atomic E-state index is -0.131. The van der Waals surface area contributed by atoms with Gasteiger partial charge in [-0.1, -0.05) is 36.4 Å². The van der Waals surface area contributed by atoms with Gasteiger partial charge in [0.25, 0.3) is 0 Å². The zero-order chi connectivity index (χ0) is 17.8. The summed E-state index contributed by atoms with van der Waals surface area (Å²) in [6, 6.07) is 17.7. The van der Waals surface area contributed by atoms with Gasteiger partial charge in [-0.3, -0.25) is 9.78 Å². The van der Waals surface area contributed by atoms with Crippen LogP contribution >= 0.6 is 0 Å². The maximum absolute atomic E-state index is 12.1. The van der Waals surface area contributed by atoms with E-state index in [2.05, 4.69) is 20.3 Å². The summed E-state index contributed by atoms with van der Waals surface area (Å²) in [7, 11) is 0. The van der Waals surface area contributed by atoms with Crippen LogP contribution in [0.4, 0.5) is 0 Å². The number of aromatic amines is 1. The molecule has 0 bridgehead atoms. The lowest BCUT2D eigenvalue weighted by Gasteiger charge is -2.02. The van der Waals surface area contributed by atoms with E-state index in [-0.39, 0.29) is 5.91 Å². The molecule has 0 spiro atoms. The Morgan fingerprint density at radius 1 is 1.08 bits per heavy atom. The third-order valence-corrected chi connectivity index (χ3v) is 4.18. The highest BCUT2D eigenvalue weighted by molar-refractivity contribution is 5.95. The van der Waals surface area contributed by atoms with Gasteiger partial charge in [0.15, 0.2) is 0 Å². The minimum Gasteiger partial charge on any atom is -0.352 e. The quantitative estimate of drug-likeness (QED) is 0.546. The van der Waals surface area contributed by atoms with E-state index in [1.165, 1.54) is 0 Å². The van der Waals surface area contributed by atoms with E-state index >= 15 is 0 Å². The summed E-state index contributed by atoms with van der Waals surface area (Å²) in [4.78, 5) is 24.2. The van der Waals surface area contributed by atoms with Crippen LogP contribution in [0.15, 0.2) is 66.9 Å². The van der Waals surface area contributed by atoms with Gasteiger partial charge in [0, 0.05) is 36.2 Å². The second kappa shape index (κ2) is 7.19. The fourth-order valence-corrected chi connectivity index (χ4v) is 2.91. The number of nitrogens with zero attached hydrogens (tertiary/aromatic N) is 2. The number of nitrogens with one attached hydrogen (secondary N) is 2. The smallest absolute Gasteiger partial charge is 0.244 e. The molecule has 1 amide bonds. The fraction of sp³-hybridized carbons (Fsp3) is 0.0952. The number of H-pyrrole nitrogens is 1. The van der Waals surface area contributed by atoms with Crippen LogP contribution in [-0.4, -0.2) is 27.4 Å². The summed E-state index contributed by atoms with van der Waals surface area (Å²) in [6.07, 6.45) is 5.76. The number of imidazole rings is 1. The number of rotatable bonds is 5. The Kier molecular flexibility index (Phi) is 4.43. The molecule has 2 heterocycles. The van der Waals surface area contributed by atoms with Crippen LogP contribution in [-0.2, 0) is 11.2 Å². The highest BCUT2D eigenvalue weighted by atomic mass is 16.1. The molecule has 0 unspecified atom stereocenters. The molecule has 4 aromatic rings. The average molecular weight is 342 g/mol. The maximum atomic E-state index is 12.1. The molecule has 0 radical (unpaired) electrons. The van der Waals surface area contributed by atoms with Crippen molar-refractivity contribution in [2.24, 2.45) is 0 Å². The largest absolute Gasteiger partial charge is 0.352 e. The minimum absolute atomic E-state index is 0.131. The molecule has 128 valence electrons. The van der Waals surface area contributed by atoms with E-state index < -0.39 is 0 Å². The predicted octanol–water partition coefficient (Wildman–Crippen LogP) is 3.48. The van der Waals surface area contributed by atoms with E-state index in [0.29, 0.717) is 13.0 Å². The lowest BCUT2D eigenvalue weighted by Crippen LogP contribution is -2.23. The molecule has 0 saturated heterocycles.